The summed E-state index contributed by atoms with van der Waals surface area (Å²) >= 11 is 0. The maximum absolute atomic E-state index is 12.4. The van der Waals surface area contributed by atoms with Crippen LogP contribution in [0.1, 0.15) is 24.2 Å². The van der Waals surface area contributed by atoms with Gasteiger partial charge in [-0.25, -0.2) is 4.79 Å². The number of carbonyl (C=O) groups is 2. The van der Waals surface area contributed by atoms with Gasteiger partial charge in [0, 0.05) is 5.69 Å². The monoisotopic (exact) mass is 373 g/mol. The summed E-state index contributed by atoms with van der Waals surface area (Å²) in [5.74, 6) is 0.233. The molecule has 0 bridgehead atoms. The SMILES string of the molecule is CCOc1ccc(NC(=O)C(C)OC(=O)c2cccc(OC)c2OC)cc1. The van der Waals surface area contributed by atoms with E-state index in [1.54, 1.807) is 42.5 Å². The highest BCUT2D eigenvalue weighted by molar-refractivity contribution is 5.98. The topological polar surface area (TPSA) is 83.1 Å². The van der Waals surface area contributed by atoms with Crippen molar-refractivity contribution in [2.24, 2.45) is 0 Å². The molecule has 2 rings (SSSR count). The van der Waals surface area contributed by atoms with E-state index in [9.17, 15) is 9.59 Å². The van der Waals surface area contributed by atoms with Crippen LogP contribution in [0.5, 0.6) is 17.2 Å². The minimum atomic E-state index is -1.00. The van der Waals surface area contributed by atoms with Gasteiger partial charge in [0.05, 0.1) is 20.8 Å². The Balaban J connectivity index is 2.02. The van der Waals surface area contributed by atoms with Crippen molar-refractivity contribution in [3.8, 4) is 17.2 Å². The summed E-state index contributed by atoms with van der Waals surface area (Å²) in [6.45, 7) is 3.95. The molecule has 7 nitrogen and oxygen atoms in total. The fourth-order valence-electron chi connectivity index (χ4n) is 2.37. The van der Waals surface area contributed by atoms with Crippen molar-refractivity contribution in [3.63, 3.8) is 0 Å². The zero-order chi connectivity index (χ0) is 19.8. The maximum Gasteiger partial charge on any atom is 0.342 e. The van der Waals surface area contributed by atoms with E-state index >= 15 is 0 Å². The third kappa shape index (κ3) is 5.13. The smallest absolute Gasteiger partial charge is 0.342 e. The third-order valence-corrected chi connectivity index (χ3v) is 3.71. The molecule has 0 radical (unpaired) electrons. The van der Waals surface area contributed by atoms with E-state index in [1.807, 2.05) is 6.92 Å². The molecule has 0 heterocycles. The predicted octanol–water partition coefficient (Wildman–Crippen LogP) is 3.29. The highest BCUT2D eigenvalue weighted by Crippen LogP contribution is 2.31. The highest BCUT2D eigenvalue weighted by atomic mass is 16.6. The summed E-state index contributed by atoms with van der Waals surface area (Å²) in [5, 5.41) is 2.69. The number of methoxy groups -OCH3 is 2. The number of nitrogens with one attached hydrogen (secondary N) is 1. The van der Waals surface area contributed by atoms with Crippen LogP contribution in [0, 0.1) is 0 Å². The fraction of sp³-hybridized carbons (Fsp3) is 0.300. The first-order valence-electron chi connectivity index (χ1n) is 8.45. The molecule has 144 valence electrons. The van der Waals surface area contributed by atoms with Crippen molar-refractivity contribution in [3.05, 3.63) is 48.0 Å². The van der Waals surface area contributed by atoms with Gasteiger partial charge in [-0.05, 0) is 50.2 Å². The van der Waals surface area contributed by atoms with E-state index in [-0.39, 0.29) is 11.3 Å². The predicted molar refractivity (Wildman–Crippen MR) is 101 cm³/mol. The molecule has 7 heteroatoms. The average molecular weight is 373 g/mol. The lowest BCUT2D eigenvalue weighted by Crippen LogP contribution is -2.30. The second-order valence-corrected chi connectivity index (χ2v) is 5.54. The Hall–Kier alpha value is -3.22. The molecule has 0 aliphatic rings. The van der Waals surface area contributed by atoms with E-state index in [4.69, 9.17) is 18.9 Å². The number of anilines is 1. The Morgan fingerprint density at radius 1 is 1.04 bits per heavy atom. The number of para-hydroxylation sites is 1. The van der Waals surface area contributed by atoms with Gasteiger partial charge in [-0.15, -0.1) is 0 Å². The van der Waals surface area contributed by atoms with Crippen molar-refractivity contribution in [1.82, 2.24) is 0 Å². The Bertz CT molecular complexity index is 788. The molecule has 0 saturated heterocycles. The van der Waals surface area contributed by atoms with Crippen LogP contribution in [0.25, 0.3) is 0 Å². The molecule has 0 aliphatic carbocycles. The van der Waals surface area contributed by atoms with Crippen LogP contribution in [-0.4, -0.2) is 38.8 Å². The summed E-state index contributed by atoms with van der Waals surface area (Å²) < 4.78 is 21.0. The molecular formula is C20H23NO6. The van der Waals surface area contributed by atoms with Gasteiger partial charge in [-0.3, -0.25) is 4.79 Å². The first-order valence-corrected chi connectivity index (χ1v) is 8.45. The van der Waals surface area contributed by atoms with Crippen molar-refractivity contribution in [2.45, 2.75) is 20.0 Å². The first kappa shape index (κ1) is 20.1. The molecule has 0 saturated carbocycles. The molecule has 2 aromatic carbocycles. The molecular weight excluding hydrogens is 350 g/mol. The lowest BCUT2D eigenvalue weighted by atomic mass is 10.2. The van der Waals surface area contributed by atoms with Crippen LogP contribution >= 0.6 is 0 Å². The van der Waals surface area contributed by atoms with Crippen molar-refractivity contribution < 1.29 is 28.5 Å². The molecule has 0 aromatic heterocycles. The number of amides is 1. The van der Waals surface area contributed by atoms with Gasteiger partial charge in [0.15, 0.2) is 17.6 Å². The number of rotatable bonds is 8. The van der Waals surface area contributed by atoms with Crippen LogP contribution in [0.4, 0.5) is 5.69 Å². The van der Waals surface area contributed by atoms with E-state index in [0.29, 0.717) is 23.8 Å². The second kappa shape index (κ2) is 9.47. The summed E-state index contributed by atoms with van der Waals surface area (Å²) in [5.41, 5.74) is 0.753. The lowest BCUT2D eigenvalue weighted by Gasteiger charge is -2.16. The summed E-state index contributed by atoms with van der Waals surface area (Å²) in [6, 6.07) is 11.8. The minimum Gasteiger partial charge on any atom is -0.494 e. The van der Waals surface area contributed by atoms with Crippen LogP contribution in [0.2, 0.25) is 0 Å². The summed E-state index contributed by atoms with van der Waals surface area (Å²) in [6.07, 6.45) is -1.00. The number of esters is 1. The quantitative estimate of drug-likeness (QED) is 0.715. The normalized spacial score (nSPS) is 11.3. The van der Waals surface area contributed by atoms with Gasteiger partial charge in [-0.1, -0.05) is 6.07 Å². The first-order chi connectivity index (χ1) is 13.0. The molecule has 1 N–H and O–H groups in total. The summed E-state index contributed by atoms with van der Waals surface area (Å²) in [4.78, 5) is 24.7. The average Bonchev–Trinajstić information content (AvgIpc) is 2.68. The van der Waals surface area contributed by atoms with Gasteiger partial charge in [0.25, 0.3) is 5.91 Å². The molecule has 1 atom stereocenters. The van der Waals surface area contributed by atoms with E-state index in [1.165, 1.54) is 21.1 Å². The number of hydrogen-bond donors (Lipinski definition) is 1. The number of carbonyl (C=O) groups excluding carboxylic acids is 2. The maximum atomic E-state index is 12.4. The van der Waals surface area contributed by atoms with Crippen molar-refractivity contribution in [2.75, 3.05) is 26.1 Å². The van der Waals surface area contributed by atoms with Crippen LogP contribution in [0.15, 0.2) is 42.5 Å². The third-order valence-electron chi connectivity index (χ3n) is 3.71. The van der Waals surface area contributed by atoms with E-state index in [0.717, 1.165) is 0 Å². The van der Waals surface area contributed by atoms with Gasteiger partial charge in [0.2, 0.25) is 0 Å². The fourth-order valence-corrected chi connectivity index (χ4v) is 2.37. The molecule has 1 amide bonds. The molecule has 0 fully saturated rings. The Kier molecular flexibility index (Phi) is 7.05. The number of benzene rings is 2. The van der Waals surface area contributed by atoms with Crippen LogP contribution in [-0.2, 0) is 9.53 Å². The minimum absolute atomic E-state index is 0.178. The van der Waals surface area contributed by atoms with E-state index < -0.39 is 18.0 Å². The Labute approximate surface area is 158 Å². The zero-order valence-electron chi connectivity index (χ0n) is 15.8. The lowest BCUT2D eigenvalue weighted by molar-refractivity contribution is -0.123. The molecule has 27 heavy (non-hydrogen) atoms. The van der Waals surface area contributed by atoms with Gasteiger partial charge in [0.1, 0.15) is 11.3 Å². The molecule has 2 aromatic rings. The van der Waals surface area contributed by atoms with Gasteiger partial charge in [-0.2, -0.15) is 0 Å². The number of hydrogen-bond acceptors (Lipinski definition) is 6. The molecule has 0 spiro atoms. The Morgan fingerprint density at radius 3 is 2.33 bits per heavy atom. The van der Waals surface area contributed by atoms with Crippen molar-refractivity contribution in [1.29, 1.82) is 0 Å². The standard InChI is InChI=1S/C20H23NO6/c1-5-26-15-11-9-14(10-12-15)21-19(22)13(2)27-20(23)16-7-6-8-17(24-3)18(16)25-4/h6-13H,5H2,1-4H3,(H,21,22). The highest BCUT2D eigenvalue weighted by Gasteiger charge is 2.23. The molecule has 0 aliphatic heterocycles. The van der Waals surface area contributed by atoms with Crippen LogP contribution < -0.4 is 19.5 Å². The zero-order valence-corrected chi connectivity index (χ0v) is 15.8. The number of ether oxygens (including phenoxy) is 4. The van der Waals surface area contributed by atoms with Gasteiger partial charge >= 0.3 is 5.97 Å². The van der Waals surface area contributed by atoms with Gasteiger partial charge < -0.3 is 24.3 Å². The van der Waals surface area contributed by atoms with Crippen molar-refractivity contribution >= 4 is 17.6 Å². The second-order valence-electron chi connectivity index (χ2n) is 5.54. The largest absolute Gasteiger partial charge is 0.494 e. The molecule has 1 unspecified atom stereocenters. The summed E-state index contributed by atoms with van der Waals surface area (Å²) in [7, 11) is 2.90. The Morgan fingerprint density at radius 2 is 1.74 bits per heavy atom. The van der Waals surface area contributed by atoms with Crippen LogP contribution in [0.3, 0.4) is 0 Å². The van der Waals surface area contributed by atoms with E-state index in [2.05, 4.69) is 5.32 Å².